The highest BCUT2D eigenvalue weighted by Crippen LogP contribution is 2.27. The number of nitriles is 1. The van der Waals surface area contributed by atoms with E-state index in [1.165, 1.54) is 36.4 Å². The van der Waals surface area contributed by atoms with E-state index in [2.05, 4.69) is 4.72 Å². The van der Waals surface area contributed by atoms with Crippen LogP contribution in [0, 0.1) is 18.3 Å². The largest absolute Gasteiger partial charge is 0.397 e. The van der Waals surface area contributed by atoms with Gasteiger partial charge in [0.2, 0.25) is 0 Å². The quantitative estimate of drug-likeness (QED) is 0.849. The van der Waals surface area contributed by atoms with Crippen LogP contribution in [-0.2, 0) is 10.0 Å². The molecule has 2 aromatic carbocycles. The first kappa shape index (κ1) is 15.2. The number of rotatable bonds is 3. The van der Waals surface area contributed by atoms with Crippen LogP contribution >= 0.6 is 11.6 Å². The van der Waals surface area contributed by atoms with E-state index in [0.29, 0.717) is 21.8 Å². The topological polar surface area (TPSA) is 96.0 Å². The minimum atomic E-state index is -3.77. The lowest BCUT2D eigenvalue weighted by Crippen LogP contribution is -2.13. The fourth-order valence-corrected chi connectivity index (χ4v) is 3.03. The van der Waals surface area contributed by atoms with Gasteiger partial charge in [-0.15, -0.1) is 0 Å². The van der Waals surface area contributed by atoms with Crippen molar-refractivity contribution in [1.82, 2.24) is 0 Å². The molecule has 108 valence electrons. The van der Waals surface area contributed by atoms with Crippen molar-refractivity contribution < 1.29 is 8.42 Å². The first-order valence-corrected chi connectivity index (χ1v) is 7.78. The molecular weight excluding hydrogens is 310 g/mol. The maximum Gasteiger partial charge on any atom is 0.261 e. The fourth-order valence-electron chi connectivity index (χ4n) is 1.74. The summed E-state index contributed by atoms with van der Waals surface area (Å²) in [5.41, 5.74) is 7.28. The second-order valence-corrected chi connectivity index (χ2v) is 6.50. The number of nitrogen functional groups attached to an aromatic ring is 1. The van der Waals surface area contributed by atoms with Gasteiger partial charge in [-0.1, -0.05) is 11.6 Å². The molecule has 0 aromatic heterocycles. The van der Waals surface area contributed by atoms with Crippen LogP contribution in [0.1, 0.15) is 11.1 Å². The Balaban J connectivity index is 2.36. The van der Waals surface area contributed by atoms with E-state index in [-0.39, 0.29) is 10.6 Å². The first-order valence-electron chi connectivity index (χ1n) is 5.92. The average molecular weight is 322 g/mol. The van der Waals surface area contributed by atoms with Gasteiger partial charge in [0.25, 0.3) is 10.0 Å². The summed E-state index contributed by atoms with van der Waals surface area (Å²) in [6, 6.07) is 10.8. The van der Waals surface area contributed by atoms with Crippen molar-refractivity contribution in [3.05, 3.63) is 52.5 Å². The van der Waals surface area contributed by atoms with E-state index in [1.54, 1.807) is 6.92 Å². The third-order valence-corrected chi connectivity index (χ3v) is 4.71. The van der Waals surface area contributed by atoms with Gasteiger partial charge >= 0.3 is 0 Å². The number of nitrogens with two attached hydrogens (primary N) is 1. The third kappa shape index (κ3) is 3.27. The van der Waals surface area contributed by atoms with Crippen molar-refractivity contribution in [2.45, 2.75) is 11.8 Å². The Hall–Kier alpha value is -2.23. The van der Waals surface area contributed by atoms with Gasteiger partial charge in [-0.05, 0) is 48.9 Å². The Bertz CT molecular complexity index is 801. The van der Waals surface area contributed by atoms with Crippen molar-refractivity contribution in [2.75, 3.05) is 10.5 Å². The van der Waals surface area contributed by atoms with Gasteiger partial charge in [-0.2, -0.15) is 5.26 Å². The zero-order valence-electron chi connectivity index (χ0n) is 11.1. The van der Waals surface area contributed by atoms with Crippen molar-refractivity contribution in [1.29, 1.82) is 5.26 Å². The molecule has 3 N–H and O–H groups in total. The van der Waals surface area contributed by atoms with Gasteiger partial charge in [0, 0.05) is 5.69 Å². The number of hydrogen-bond acceptors (Lipinski definition) is 4. The summed E-state index contributed by atoms with van der Waals surface area (Å²) >= 11 is 5.92. The maximum atomic E-state index is 12.3. The highest BCUT2D eigenvalue weighted by molar-refractivity contribution is 7.92. The van der Waals surface area contributed by atoms with E-state index < -0.39 is 10.0 Å². The first-order chi connectivity index (χ1) is 9.83. The smallest absolute Gasteiger partial charge is 0.261 e. The Morgan fingerprint density at radius 2 is 1.86 bits per heavy atom. The molecule has 5 nitrogen and oxygen atoms in total. The standard InChI is InChI=1S/C14H12ClN3O2S/c1-9-6-12(7-13(17)14(9)15)21(19,20)18-11-4-2-10(8-16)3-5-11/h2-7,18H,17H2,1H3. The summed E-state index contributed by atoms with van der Waals surface area (Å²) in [7, 11) is -3.77. The molecule has 0 bridgehead atoms. The second kappa shape index (κ2) is 5.64. The number of halogens is 1. The van der Waals surface area contributed by atoms with E-state index in [0.717, 1.165) is 0 Å². The molecule has 0 unspecified atom stereocenters. The normalized spacial score (nSPS) is 10.9. The predicted octanol–water partition coefficient (Wildman–Crippen LogP) is 2.90. The molecule has 0 aliphatic heterocycles. The minimum Gasteiger partial charge on any atom is -0.397 e. The molecule has 2 rings (SSSR count). The Morgan fingerprint density at radius 1 is 1.24 bits per heavy atom. The van der Waals surface area contributed by atoms with Crippen molar-refractivity contribution in [2.24, 2.45) is 0 Å². The number of anilines is 2. The van der Waals surface area contributed by atoms with Crippen molar-refractivity contribution >= 4 is 33.0 Å². The summed E-state index contributed by atoms with van der Waals surface area (Å²) in [4.78, 5) is 0.0336. The molecule has 0 amide bonds. The SMILES string of the molecule is Cc1cc(S(=O)(=O)Nc2ccc(C#N)cc2)cc(N)c1Cl. The van der Waals surface area contributed by atoms with E-state index in [1.807, 2.05) is 6.07 Å². The molecule has 0 saturated carbocycles. The lowest BCUT2D eigenvalue weighted by atomic mass is 10.2. The van der Waals surface area contributed by atoms with Crippen LogP contribution in [0.15, 0.2) is 41.3 Å². The van der Waals surface area contributed by atoms with E-state index in [9.17, 15) is 8.42 Å². The molecule has 0 fully saturated rings. The van der Waals surface area contributed by atoms with Crippen LogP contribution < -0.4 is 10.5 Å². The molecule has 7 heteroatoms. The summed E-state index contributed by atoms with van der Waals surface area (Å²) in [6.07, 6.45) is 0. The highest BCUT2D eigenvalue weighted by atomic mass is 35.5. The van der Waals surface area contributed by atoms with Crippen LogP contribution in [-0.4, -0.2) is 8.42 Å². The minimum absolute atomic E-state index is 0.0336. The van der Waals surface area contributed by atoms with Crippen molar-refractivity contribution in [3.63, 3.8) is 0 Å². The second-order valence-electron chi connectivity index (χ2n) is 4.44. The fraction of sp³-hybridized carbons (Fsp3) is 0.0714. The summed E-state index contributed by atoms with van der Waals surface area (Å²) in [6.45, 7) is 1.68. The lowest BCUT2D eigenvalue weighted by molar-refractivity contribution is 0.601. The Labute approximate surface area is 128 Å². The molecule has 0 spiro atoms. The Morgan fingerprint density at radius 3 is 2.38 bits per heavy atom. The van der Waals surface area contributed by atoms with Gasteiger partial charge in [0.1, 0.15) is 0 Å². The molecule has 0 heterocycles. The zero-order chi connectivity index (χ0) is 15.6. The molecule has 2 aromatic rings. The molecule has 0 saturated heterocycles. The van der Waals surface area contributed by atoms with Crippen LogP contribution in [0.5, 0.6) is 0 Å². The number of nitrogens with one attached hydrogen (secondary N) is 1. The predicted molar refractivity (Wildman–Crippen MR) is 82.6 cm³/mol. The van der Waals surface area contributed by atoms with E-state index >= 15 is 0 Å². The third-order valence-electron chi connectivity index (χ3n) is 2.83. The number of hydrogen-bond donors (Lipinski definition) is 2. The molecule has 0 radical (unpaired) electrons. The lowest BCUT2D eigenvalue weighted by Gasteiger charge is -2.11. The molecule has 21 heavy (non-hydrogen) atoms. The van der Waals surface area contributed by atoms with Crippen LogP contribution in [0.4, 0.5) is 11.4 Å². The molecule has 0 atom stereocenters. The van der Waals surface area contributed by atoms with Crippen LogP contribution in [0.25, 0.3) is 0 Å². The van der Waals surface area contributed by atoms with Crippen LogP contribution in [0.2, 0.25) is 5.02 Å². The summed E-state index contributed by atoms with van der Waals surface area (Å²) in [5.74, 6) is 0. The van der Waals surface area contributed by atoms with Gasteiger partial charge in [0.05, 0.1) is 27.2 Å². The number of aryl methyl sites for hydroxylation is 1. The van der Waals surface area contributed by atoms with Gasteiger partial charge in [0.15, 0.2) is 0 Å². The van der Waals surface area contributed by atoms with Crippen LogP contribution in [0.3, 0.4) is 0 Å². The number of sulfonamides is 1. The van der Waals surface area contributed by atoms with Gasteiger partial charge in [-0.3, -0.25) is 4.72 Å². The monoisotopic (exact) mass is 321 g/mol. The zero-order valence-corrected chi connectivity index (χ0v) is 12.7. The Kier molecular flexibility index (Phi) is 4.07. The maximum absolute atomic E-state index is 12.3. The highest BCUT2D eigenvalue weighted by Gasteiger charge is 2.17. The number of benzene rings is 2. The van der Waals surface area contributed by atoms with Gasteiger partial charge in [-0.25, -0.2) is 8.42 Å². The summed E-state index contributed by atoms with van der Waals surface area (Å²) < 4.78 is 27.0. The average Bonchev–Trinajstić information content (AvgIpc) is 2.44. The molecule has 0 aliphatic carbocycles. The van der Waals surface area contributed by atoms with Gasteiger partial charge < -0.3 is 5.73 Å². The van der Waals surface area contributed by atoms with E-state index in [4.69, 9.17) is 22.6 Å². The summed E-state index contributed by atoms with van der Waals surface area (Å²) in [5, 5.41) is 9.05. The molecule has 0 aliphatic rings. The van der Waals surface area contributed by atoms with Crippen molar-refractivity contribution in [3.8, 4) is 6.07 Å². The number of nitrogens with zero attached hydrogens (tertiary/aromatic N) is 1. The molecular formula is C14H12ClN3O2S.